The summed E-state index contributed by atoms with van der Waals surface area (Å²) in [6.45, 7) is 5.35. The third-order valence-corrected chi connectivity index (χ3v) is 5.82. The predicted octanol–water partition coefficient (Wildman–Crippen LogP) is 1.58. The van der Waals surface area contributed by atoms with Crippen molar-refractivity contribution in [2.45, 2.75) is 38.1 Å². The summed E-state index contributed by atoms with van der Waals surface area (Å²) < 4.78 is 33.0. The van der Waals surface area contributed by atoms with Crippen molar-refractivity contribution in [2.24, 2.45) is 0 Å². The van der Waals surface area contributed by atoms with Crippen LogP contribution in [0.15, 0.2) is 23.1 Å². The number of anilines is 1. The van der Waals surface area contributed by atoms with Gasteiger partial charge in [-0.3, -0.25) is 0 Å². The summed E-state index contributed by atoms with van der Waals surface area (Å²) in [7, 11) is -2.19. The van der Waals surface area contributed by atoms with E-state index in [-0.39, 0.29) is 17.5 Å². The molecule has 2 aromatic rings. The number of methoxy groups -OCH3 is 1. The Morgan fingerprint density at radius 1 is 1.15 bits per heavy atom. The van der Waals surface area contributed by atoms with Gasteiger partial charge < -0.3 is 9.64 Å². The highest BCUT2D eigenvalue weighted by atomic mass is 32.2. The molecule has 0 spiro atoms. The maximum atomic E-state index is 12.7. The molecule has 0 aliphatic carbocycles. The van der Waals surface area contributed by atoms with Crippen molar-refractivity contribution in [3.05, 3.63) is 35.2 Å². The first kappa shape index (κ1) is 18.5. The molecule has 0 unspecified atom stereocenters. The smallest absolute Gasteiger partial charge is 0.321 e. The number of ether oxygens (including phenoxy) is 1. The molecule has 0 atom stereocenters. The summed E-state index contributed by atoms with van der Waals surface area (Å²) in [5.74, 6) is 0.850. The summed E-state index contributed by atoms with van der Waals surface area (Å²) in [4.78, 5) is 15.1. The van der Waals surface area contributed by atoms with Crippen molar-refractivity contribution in [3.8, 4) is 6.01 Å². The van der Waals surface area contributed by atoms with E-state index in [0.29, 0.717) is 17.3 Å². The molecule has 9 heteroatoms. The van der Waals surface area contributed by atoms with Gasteiger partial charge in [0.25, 0.3) is 0 Å². The van der Waals surface area contributed by atoms with E-state index in [1.807, 2.05) is 17.9 Å². The van der Waals surface area contributed by atoms with Gasteiger partial charge in [-0.25, -0.2) is 13.1 Å². The van der Waals surface area contributed by atoms with E-state index in [9.17, 15) is 8.42 Å². The molecule has 1 aromatic heterocycles. The quantitative estimate of drug-likeness (QED) is 0.816. The largest absolute Gasteiger partial charge is 0.467 e. The Bertz CT molecular complexity index is 895. The second-order valence-electron chi connectivity index (χ2n) is 6.33. The van der Waals surface area contributed by atoms with Crippen molar-refractivity contribution in [3.63, 3.8) is 0 Å². The van der Waals surface area contributed by atoms with Crippen molar-refractivity contribution >= 4 is 16.0 Å². The zero-order valence-electron chi connectivity index (χ0n) is 15.2. The van der Waals surface area contributed by atoms with E-state index in [1.165, 1.54) is 7.11 Å². The van der Waals surface area contributed by atoms with Crippen LogP contribution < -0.4 is 14.4 Å². The summed E-state index contributed by atoms with van der Waals surface area (Å²) in [6.07, 6.45) is 2.17. The Labute approximate surface area is 153 Å². The van der Waals surface area contributed by atoms with Crippen LogP contribution in [0.5, 0.6) is 6.01 Å². The summed E-state index contributed by atoms with van der Waals surface area (Å²) in [5, 5.41) is 0. The third kappa shape index (κ3) is 4.10. The van der Waals surface area contributed by atoms with E-state index < -0.39 is 10.0 Å². The van der Waals surface area contributed by atoms with Crippen molar-refractivity contribution < 1.29 is 13.2 Å². The first-order valence-electron chi connectivity index (χ1n) is 8.50. The van der Waals surface area contributed by atoms with Gasteiger partial charge in [0, 0.05) is 13.1 Å². The molecule has 0 radical (unpaired) electrons. The standard InChI is InChI=1S/C17H23N5O3S/c1-12-6-7-13(2)14(10-12)26(23,24)18-11-15-19-16(21-17(20-15)25-3)22-8-4-5-9-22/h6-7,10,18H,4-5,8-9,11H2,1-3H3. The highest BCUT2D eigenvalue weighted by Gasteiger charge is 2.20. The third-order valence-electron chi connectivity index (χ3n) is 4.27. The molecule has 0 saturated carbocycles. The van der Waals surface area contributed by atoms with E-state index in [2.05, 4.69) is 19.7 Å². The fraction of sp³-hybridized carbons (Fsp3) is 0.471. The van der Waals surface area contributed by atoms with Gasteiger partial charge >= 0.3 is 6.01 Å². The van der Waals surface area contributed by atoms with Crippen LogP contribution in [0.25, 0.3) is 0 Å². The number of aryl methyl sites for hydroxylation is 2. The lowest BCUT2D eigenvalue weighted by Gasteiger charge is -2.16. The molecular formula is C17H23N5O3S. The second-order valence-corrected chi connectivity index (χ2v) is 8.06. The van der Waals surface area contributed by atoms with E-state index in [0.717, 1.165) is 31.5 Å². The molecular weight excluding hydrogens is 354 g/mol. The topological polar surface area (TPSA) is 97.3 Å². The summed E-state index contributed by atoms with van der Waals surface area (Å²) in [6, 6.07) is 5.51. The van der Waals surface area contributed by atoms with E-state index >= 15 is 0 Å². The van der Waals surface area contributed by atoms with Gasteiger partial charge in [0.05, 0.1) is 18.6 Å². The number of aromatic nitrogens is 3. The van der Waals surface area contributed by atoms with Crippen LogP contribution in [0.2, 0.25) is 0 Å². The average Bonchev–Trinajstić information content (AvgIpc) is 3.16. The van der Waals surface area contributed by atoms with Crippen LogP contribution in [0.4, 0.5) is 5.95 Å². The number of nitrogens with zero attached hydrogens (tertiary/aromatic N) is 4. The highest BCUT2D eigenvalue weighted by molar-refractivity contribution is 7.89. The van der Waals surface area contributed by atoms with E-state index in [1.54, 1.807) is 19.1 Å². The number of sulfonamides is 1. The number of benzene rings is 1. The average molecular weight is 377 g/mol. The maximum Gasteiger partial charge on any atom is 0.321 e. The first-order valence-corrected chi connectivity index (χ1v) is 9.98. The molecule has 2 heterocycles. The lowest BCUT2D eigenvalue weighted by Crippen LogP contribution is -2.27. The molecule has 1 aromatic carbocycles. The minimum atomic E-state index is -3.67. The van der Waals surface area contributed by atoms with Crippen molar-refractivity contribution in [1.82, 2.24) is 19.7 Å². The maximum absolute atomic E-state index is 12.7. The van der Waals surface area contributed by atoms with Crippen LogP contribution in [0.1, 0.15) is 29.8 Å². The van der Waals surface area contributed by atoms with Crippen LogP contribution in [0, 0.1) is 13.8 Å². The summed E-state index contributed by atoms with van der Waals surface area (Å²) in [5.41, 5.74) is 1.57. The Morgan fingerprint density at radius 2 is 1.88 bits per heavy atom. The first-order chi connectivity index (χ1) is 12.4. The molecule has 140 valence electrons. The van der Waals surface area contributed by atoms with Gasteiger partial charge in [-0.1, -0.05) is 12.1 Å². The fourth-order valence-corrected chi connectivity index (χ4v) is 4.16. The number of hydrogen-bond donors (Lipinski definition) is 1. The molecule has 1 aliphatic heterocycles. The Hall–Kier alpha value is -2.26. The normalized spacial score (nSPS) is 14.7. The fourth-order valence-electron chi connectivity index (χ4n) is 2.85. The molecule has 1 aliphatic rings. The molecule has 1 N–H and O–H groups in total. The molecule has 26 heavy (non-hydrogen) atoms. The number of rotatable bonds is 6. The molecule has 1 saturated heterocycles. The molecule has 8 nitrogen and oxygen atoms in total. The van der Waals surface area contributed by atoms with Gasteiger partial charge in [0.15, 0.2) is 5.82 Å². The lowest BCUT2D eigenvalue weighted by molar-refractivity contribution is 0.375. The van der Waals surface area contributed by atoms with Crippen LogP contribution in [-0.4, -0.2) is 43.6 Å². The Kier molecular flexibility index (Phi) is 5.38. The minimum Gasteiger partial charge on any atom is -0.467 e. The molecule has 1 fully saturated rings. The number of hydrogen-bond acceptors (Lipinski definition) is 7. The van der Waals surface area contributed by atoms with Gasteiger partial charge in [-0.05, 0) is 43.9 Å². The second kappa shape index (κ2) is 7.55. The monoisotopic (exact) mass is 377 g/mol. The predicted molar refractivity (Wildman–Crippen MR) is 97.8 cm³/mol. The van der Waals surface area contributed by atoms with Gasteiger partial charge in [-0.15, -0.1) is 0 Å². The molecule has 0 bridgehead atoms. The zero-order chi connectivity index (χ0) is 18.7. The van der Waals surface area contributed by atoms with Gasteiger partial charge in [-0.2, -0.15) is 15.0 Å². The van der Waals surface area contributed by atoms with Crippen LogP contribution in [0.3, 0.4) is 0 Å². The summed E-state index contributed by atoms with van der Waals surface area (Å²) >= 11 is 0. The zero-order valence-corrected chi connectivity index (χ0v) is 16.0. The number of nitrogens with one attached hydrogen (secondary N) is 1. The van der Waals surface area contributed by atoms with Gasteiger partial charge in [0.2, 0.25) is 16.0 Å². The van der Waals surface area contributed by atoms with Gasteiger partial charge in [0.1, 0.15) is 0 Å². The SMILES string of the molecule is COc1nc(CNS(=O)(=O)c2cc(C)ccc2C)nc(N2CCCC2)n1. The Morgan fingerprint density at radius 3 is 2.58 bits per heavy atom. The minimum absolute atomic E-state index is 0.0323. The van der Waals surface area contributed by atoms with Crippen LogP contribution >= 0.6 is 0 Å². The Balaban J connectivity index is 1.82. The molecule has 0 amide bonds. The van der Waals surface area contributed by atoms with E-state index in [4.69, 9.17) is 4.74 Å². The highest BCUT2D eigenvalue weighted by Crippen LogP contribution is 2.19. The van der Waals surface area contributed by atoms with Crippen molar-refractivity contribution in [1.29, 1.82) is 0 Å². The van der Waals surface area contributed by atoms with Crippen LogP contribution in [-0.2, 0) is 16.6 Å². The van der Waals surface area contributed by atoms with Crippen molar-refractivity contribution in [2.75, 3.05) is 25.1 Å². The lowest BCUT2D eigenvalue weighted by atomic mass is 10.2. The molecule has 3 rings (SSSR count).